The number of likely N-dealkylation sites (N-methyl/N-ethyl adjacent to an activating group) is 1. The summed E-state index contributed by atoms with van der Waals surface area (Å²) < 4.78 is 0. The van der Waals surface area contributed by atoms with Crippen LogP contribution >= 0.6 is 0 Å². The zero-order valence-corrected chi connectivity index (χ0v) is 17.1. The van der Waals surface area contributed by atoms with Crippen LogP contribution in [0.4, 0.5) is 11.5 Å². The number of anilines is 2. The van der Waals surface area contributed by atoms with Crippen LogP contribution in [-0.4, -0.2) is 98.0 Å². The summed E-state index contributed by atoms with van der Waals surface area (Å²) in [6.45, 7) is 5.67. The summed E-state index contributed by atoms with van der Waals surface area (Å²) >= 11 is 0. The monoisotopic (exact) mass is 388 g/mol. The maximum absolute atomic E-state index is 12.3. The van der Waals surface area contributed by atoms with Gasteiger partial charge in [0.15, 0.2) is 0 Å². The Morgan fingerprint density at radius 3 is 2.36 bits per heavy atom. The molecule has 154 valence electrons. The number of hydrogen-bond donors (Lipinski definition) is 1. The van der Waals surface area contributed by atoms with Crippen molar-refractivity contribution in [3.63, 3.8) is 0 Å². The summed E-state index contributed by atoms with van der Waals surface area (Å²) in [4.78, 5) is 37.1. The molecule has 0 saturated carbocycles. The van der Waals surface area contributed by atoms with Gasteiger partial charge in [-0.05, 0) is 45.5 Å². The van der Waals surface area contributed by atoms with E-state index < -0.39 is 0 Å². The lowest BCUT2D eigenvalue weighted by Crippen LogP contribution is -2.52. The van der Waals surface area contributed by atoms with Crippen LogP contribution in [0.2, 0.25) is 0 Å². The summed E-state index contributed by atoms with van der Waals surface area (Å²) in [5.74, 6) is 1.09. The Morgan fingerprint density at radius 1 is 1.04 bits per heavy atom. The number of aromatic nitrogens is 1. The van der Waals surface area contributed by atoms with E-state index >= 15 is 0 Å². The van der Waals surface area contributed by atoms with Crippen LogP contribution < -0.4 is 10.2 Å². The smallest absolute Gasteiger partial charge is 0.238 e. The van der Waals surface area contributed by atoms with Crippen molar-refractivity contribution >= 4 is 23.3 Å². The molecular weight excluding hydrogens is 356 g/mol. The number of carbonyl (C=O) groups excluding carboxylic acids is 2. The van der Waals surface area contributed by atoms with Gasteiger partial charge in [0.25, 0.3) is 0 Å². The van der Waals surface area contributed by atoms with Crippen LogP contribution in [0.3, 0.4) is 0 Å². The van der Waals surface area contributed by atoms with Gasteiger partial charge in [0.1, 0.15) is 5.82 Å². The minimum absolute atomic E-state index is 0.0411. The number of piperazine rings is 1. The zero-order valence-electron chi connectivity index (χ0n) is 17.1. The summed E-state index contributed by atoms with van der Waals surface area (Å²) in [5, 5.41) is 2.93. The number of amides is 2. The largest absolute Gasteiger partial charge is 0.357 e. The third-order valence-electron chi connectivity index (χ3n) is 5.26. The number of nitrogens with zero attached hydrogens (tertiary/aromatic N) is 5. The molecule has 0 bridgehead atoms. The molecule has 1 aromatic rings. The van der Waals surface area contributed by atoms with Crippen LogP contribution in [0.25, 0.3) is 0 Å². The van der Waals surface area contributed by atoms with E-state index in [2.05, 4.69) is 20.1 Å². The third kappa shape index (κ3) is 5.90. The summed E-state index contributed by atoms with van der Waals surface area (Å²) in [6, 6.07) is 3.91. The number of nitrogens with one attached hydrogen (secondary N) is 1. The summed E-state index contributed by atoms with van der Waals surface area (Å²) in [5.41, 5.74) is 0.727. The van der Waals surface area contributed by atoms with Gasteiger partial charge in [-0.2, -0.15) is 0 Å². The number of carbonyl (C=O) groups is 2. The van der Waals surface area contributed by atoms with Gasteiger partial charge in [-0.3, -0.25) is 14.5 Å². The normalized spacial score (nSPS) is 18.4. The van der Waals surface area contributed by atoms with Crippen molar-refractivity contribution in [3.8, 4) is 0 Å². The van der Waals surface area contributed by atoms with Crippen molar-refractivity contribution in [2.24, 2.45) is 0 Å². The Bertz CT molecular complexity index is 649. The molecule has 0 aromatic carbocycles. The first kappa shape index (κ1) is 20.5. The molecule has 1 N–H and O–H groups in total. The Morgan fingerprint density at radius 2 is 1.75 bits per heavy atom. The molecule has 0 atom stereocenters. The average molecular weight is 389 g/mol. The highest BCUT2D eigenvalue weighted by molar-refractivity contribution is 5.92. The second kappa shape index (κ2) is 9.84. The van der Waals surface area contributed by atoms with Crippen LogP contribution in [-0.2, 0) is 9.59 Å². The van der Waals surface area contributed by atoms with Crippen LogP contribution in [0.5, 0.6) is 0 Å². The molecule has 0 unspecified atom stereocenters. The van der Waals surface area contributed by atoms with E-state index in [4.69, 9.17) is 0 Å². The predicted octanol–water partition coefficient (Wildman–Crippen LogP) is 0.716. The lowest BCUT2D eigenvalue weighted by molar-refractivity contribution is -0.133. The lowest BCUT2D eigenvalue weighted by atomic mass is 10.1. The van der Waals surface area contributed by atoms with E-state index in [9.17, 15) is 9.59 Å². The Kier molecular flexibility index (Phi) is 7.22. The highest BCUT2D eigenvalue weighted by atomic mass is 16.2. The molecule has 0 spiro atoms. The molecule has 2 amide bonds. The quantitative estimate of drug-likeness (QED) is 0.774. The van der Waals surface area contributed by atoms with Gasteiger partial charge in [-0.15, -0.1) is 0 Å². The third-order valence-corrected chi connectivity index (χ3v) is 5.26. The lowest BCUT2D eigenvalue weighted by Gasteiger charge is -2.34. The fourth-order valence-electron chi connectivity index (χ4n) is 3.70. The number of piperidine rings is 1. The van der Waals surface area contributed by atoms with Crippen molar-refractivity contribution < 1.29 is 9.59 Å². The summed E-state index contributed by atoms with van der Waals surface area (Å²) in [7, 11) is 3.79. The Hall–Kier alpha value is -2.19. The number of rotatable bonds is 6. The maximum Gasteiger partial charge on any atom is 0.238 e. The van der Waals surface area contributed by atoms with E-state index in [1.165, 1.54) is 19.3 Å². The zero-order chi connectivity index (χ0) is 19.9. The molecule has 1 aromatic heterocycles. The SMILES string of the molecule is CN(C)CC(=O)N1CCN(CC(=O)Nc2ccc(N3CCCCC3)nc2)CC1. The highest BCUT2D eigenvalue weighted by Crippen LogP contribution is 2.19. The second-order valence-corrected chi connectivity index (χ2v) is 7.90. The molecule has 2 aliphatic heterocycles. The van der Waals surface area contributed by atoms with Crippen LogP contribution in [0, 0.1) is 0 Å². The molecule has 8 heteroatoms. The van der Waals surface area contributed by atoms with Gasteiger partial charge < -0.3 is 20.0 Å². The van der Waals surface area contributed by atoms with Crippen molar-refractivity contribution in [2.75, 3.05) is 76.7 Å². The summed E-state index contributed by atoms with van der Waals surface area (Å²) in [6.07, 6.45) is 5.46. The van der Waals surface area contributed by atoms with Gasteiger partial charge in [0.05, 0.1) is 25.0 Å². The molecule has 2 aliphatic rings. The van der Waals surface area contributed by atoms with Crippen LogP contribution in [0.15, 0.2) is 18.3 Å². The van der Waals surface area contributed by atoms with Crippen LogP contribution in [0.1, 0.15) is 19.3 Å². The van der Waals surface area contributed by atoms with E-state index in [0.29, 0.717) is 26.2 Å². The van der Waals surface area contributed by atoms with Gasteiger partial charge in [-0.25, -0.2) is 4.98 Å². The minimum atomic E-state index is -0.0411. The average Bonchev–Trinajstić information content (AvgIpc) is 2.69. The molecule has 28 heavy (non-hydrogen) atoms. The minimum Gasteiger partial charge on any atom is -0.357 e. The first-order valence-corrected chi connectivity index (χ1v) is 10.2. The number of hydrogen-bond acceptors (Lipinski definition) is 6. The second-order valence-electron chi connectivity index (χ2n) is 7.90. The highest BCUT2D eigenvalue weighted by Gasteiger charge is 2.22. The van der Waals surface area contributed by atoms with E-state index in [1.807, 2.05) is 36.0 Å². The maximum atomic E-state index is 12.3. The molecule has 2 saturated heterocycles. The van der Waals surface area contributed by atoms with Gasteiger partial charge in [-0.1, -0.05) is 0 Å². The first-order valence-electron chi connectivity index (χ1n) is 10.2. The molecule has 3 heterocycles. The number of pyridine rings is 1. The predicted molar refractivity (Wildman–Crippen MR) is 111 cm³/mol. The van der Waals surface area contributed by atoms with Crippen molar-refractivity contribution in [1.82, 2.24) is 19.7 Å². The van der Waals surface area contributed by atoms with Gasteiger partial charge >= 0.3 is 0 Å². The molecule has 0 aliphatic carbocycles. The first-order chi connectivity index (χ1) is 13.5. The molecular formula is C20H32N6O2. The Balaban J connectivity index is 1.41. The fourth-order valence-corrected chi connectivity index (χ4v) is 3.70. The molecule has 8 nitrogen and oxygen atoms in total. The molecule has 3 rings (SSSR count). The molecule has 0 radical (unpaired) electrons. The van der Waals surface area contributed by atoms with E-state index in [-0.39, 0.29) is 11.8 Å². The fraction of sp³-hybridized carbons (Fsp3) is 0.650. The van der Waals surface area contributed by atoms with Gasteiger partial charge in [0.2, 0.25) is 11.8 Å². The van der Waals surface area contributed by atoms with Crippen molar-refractivity contribution in [3.05, 3.63) is 18.3 Å². The topological polar surface area (TPSA) is 72.0 Å². The van der Waals surface area contributed by atoms with Crippen molar-refractivity contribution in [2.45, 2.75) is 19.3 Å². The van der Waals surface area contributed by atoms with E-state index in [1.54, 1.807) is 6.20 Å². The van der Waals surface area contributed by atoms with Gasteiger partial charge in [0, 0.05) is 39.3 Å². The molecule has 2 fully saturated rings. The Labute approximate surface area is 167 Å². The van der Waals surface area contributed by atoms with E-state index in [0.717, 1.165) is 37.7 Å². The van der Waals surface area contributed by atoms with Crippen molar-refractivity contribution in [1.29, 1.82) is 0 Å². The standard InChI is InChI=1S/C20H32N6O2/c1-23(2)16-20(28)26-12-10-24(11-13-26)15-19(27)22-17-6-7-18(21-14-17)25-8-4-3-5-9-25/h6-7,14H,3-5,8-13,15-16H2,1-2H3,(H,22,27).